The molecular formula is C21H21ClN4O4. The molecule has 0 bridgehead atoms. The molecule has 0 radical (unpaired) electrons. The Hall–Kier alpha value is -3.39. The predicted molar refractivity (Wildman–Crippen MR) is 115 cm³/mol. The van der Waals surface area contributed by atoms with E-state index in [9.17, 15) is 9.59 Å². The quantitative estimate of drug-likeness (QED) is 0.652. The number of fused-ring (bicyclic) bond motifs is 1. The van der Waals surface area contributed by atoms with E-state index in [1.165, 1.54) is 7.11 Å². The predicted octanol–water partition coefficient (Wildman–Crippen LogP) is 3.56. The number of benzene rings is 2. The van der Waals surface area contributed by atoms with Gasteiger partial charge in [0.2, 0.25) is 0 Å². The van der Waals surface area contributed by atoms with Crippen molar-refractivity contribution < 1.29 is 19.2 Å². The third-order valence-electron chi connectivity index (χ3n) is 4.77. The van der Waals surface area contributed by atoms with E-state index in [4.69, 9.17) is 26.9 Å². The van der Waals surface area contributed by atoms with Crippen LogP contribution < -0.4 is 31.0 Å². The molecule has 2 aromatic rings. The molecule has 156 valence electrons. The number of nitrogens with zero attached hydrogens (tertiary/aromatic N) is 1. The van der Waals surface area contributed by atoms with E-state index in [1.807, 2.05) is 12.2 Å². The lowest BCUT2D eigenvalue weighted by atomic mass is 10.0. The maximum absolute atomic E-state index is 11.9. The highest BCUT2D eigenvalue weighted by Crippen LogP contribution is 2.35. The molecule has 0 saturated heterocycles. The highest BCUT2D eigenvalue weighted by atomic mass is 35.5. The minimum Gasteiger partial charge on any atom is -0.496 e. The van der Waals surface area contributed by atoms with E-state index in [-0.39, 0.29) is 12.1 Å². The molecule has 0 atom stereocenters. The van der Waals surface area contributed by atoms with Gasteiger partial charge in [0.1, 0.15) is 5.75 Å². The summed E-state index contributed by atoms with van der Waals surface area (Å²) in [5.41, 5.74) is 7.73. The van der Waals surface area contributed by atoms with Gasteiger partial charge in [0.15, 0.2) is 5.75 Å². The largest absolute Gasteiger partial charge is 0.496 e. The number of nitrogens with one attached hydrogen (secondary N) is 2. The summed E-state index contributed by atoms with van der Waals surface area (Å²) in [4.78, 5) is 29.6. The van der Waals surface area contributed by atoms with Crippen molar-refractivity contribution in [3.63, 3.8) is 0 Å². The summed E-state index contributed by atoms with van der Waals surface area (Å²) in [5, 5.41) is 7.59. The molecule has 0 spiro atoms. The van der Waals surface area contributed by atoms with Gasteiger partial charge in [-0.1, -0.05) is 23.8 Å². The van der Waals surface area contributed by atoms with Gasteiger partial charge in [-0.2, -0.15) is 0 Å². The minimum absolute atomic E-state index is 0.255. The summed E-state index contributed by atoms with van der Waals surface area (Å²) in [7, 11) is 1.48. The fourth-order valence-corrected chi connectivity index (χ4v) is 3.33. The lowest BCUT2D eigenvalue weighted by Crippen LogP contribution is -2.31. The lowest BCUT2D eigenvalue weighted by molar-refractivity contribution is 0.0997. The van der Waals surface area contributed by atoms with E-state index >= 15 is 0 Å². The number of anilines is 2. The highest BCUT2D eigenvalue weighted by molar-refractivity contribution is 6.33. The van der Waals surface area contributed by atoms with Crippen LogP contribution in [-0.4, -0.2) is 31.6 Å². The fraction of sp³-hybridized carbons (Fsp3) is 0.238. The molecule has 0 unspecified atom stereocenters. The number of halogens is 1. The molecule has 0 aromatic heterocycles. The molecule has 3 amide bonds. The maximum Gasteiger partial charge on any atom is 0.319 e. The zero-order valence-electron chi connectivity index (χ0n) is 16.3. The molecule has 1 aliphatic heterocycles. The number of amides is 3. The van der Waals surface area contributed by atoms with Crippen molar-refractivity contribution in [2.45, 2.75) is 18.9 Å². The second-order valence-corrected chi connectivity index (χ2v) is 7.45. The molecular weight excluding hydrogens is 408 g/mol. The van der Waals surface area contributed by atoms with Crippen LogP contribution in [0.15, 0.2) is 36.4 Å². The number of carbonyl (C=O) groups is 2. The van der Waals surface area contributed by atoms with Crippen LogP contribution in [0.4, 0.5) is 16.2 Å². The van der Waals surface area contributed by atoms with Gasteiger partial charge in [-0.25, -0.2) is 9.86 Å². The van der Waals surface area contributed by atoms with Crippen molar-refractivity contribution in [2.75, 3.05) is 24.0 Å². The van der Waals surface area contributed by atoms with Crippen LogP contribution in [-0.2, 0) is 0 Å². The average molecular weight is 429 g/mol. The molecule has 1 saturated carbocycles. The third kappa shape index (κ3) is 4.28. The molecule has 2 aliphatic rings. The Morgan fingerprint density at radius 2 is 2.03 bits per heavy atom. The Bertz CT molecular complexity index is 1040. The normalized spacial score (nSPS) is 14.7. The van der Waals surface area contributed by atoms with Crippen LogP contribution in [0.5, 0.6) is 11.5 Å². The number of ether oxygens (including phenoxy) is 1. The molecule has 4 rings (SSSR count). The zero-order valence-corrected chi connectivity index (χ0v) is 17.0. The SMILES string of the molecule is COc1cc2c(cc1C(N)=O)C=CCN2Oc1ccc(NC(=O)NC2CC2)c(Cl)c1. The maximum atomic E-state index is 11.9. The fourth-order valence-electron chi connectivity index (χ4n) is 3.11. The Morgan fingerprint density at radius 3 is 2.70 bits per heavy atom. The number of urea groups is 1. The summed E-state index contributed by atoms with van der Waals surface area (Å²) in [6.45, 7) is 0.480. The Balaban J connectivity index is 1.52. The molecule has 4 N–H and O–H groups in total. The van der Waals surface area contributed by atoms with E-state index in [0.717, 1.165) is 24.1 Å². The molecule has 9 heteroatoms. The average Bonchev–Trinajstić information content (AvgIpc) is 3.53. The van der Waals surface area contributed by atoms with E-state index in [2.05, 4.69) is 10.6 Å². The zero-order chi connectivity index (χ0) is 21.3. The van der Waals surface area contributed by atoms with Crippen LogP contribution in [0.1, 0.15) is 28.8 Å². The van der Waals surface area contributed by atoms with Gasteiger partial charge in [0.05, 0.1) is 35.6 Å². The van der Waals surface area contributed by atoms with Crippen LogP contribution in [0, 0.1) is 0 Å². The Kier molecular flexibility index (Phi) is 5.41. The van der Waals surface area contributed by atoms with Crippen LogP contribution >= 0.6 is 11.6 Å². The van der Waals surface area contributed by atoms with Gasteiger partial charge in [-0.15, -0.1) is 0 Å². The van der Waals surface area contributed by atoms with Crippen molar-refractivity contribution >= 4 is 41.0 Å². The van der Waals surface area contributed by atoms with E-state index in [0.29, 0.717) is 34.3 Å². The number of hydrogen-bond donors (Lipinski definition) is 3. The second-order valence-electron chi connectivity index (χ2n) is 7.04. The first-order chi connectivity index (χ1) is 14.4. The molecule has 2 aromatic carbocycles. The van der Waals surface area contributed by atoms with Gasteiger partial charge in [0, 0.05) is 23.7 Å². The standard InChI is InChI=1S/C21H21ClN4O4/c1-29-19-11-18-12(9-15(19)20(23)27)3-2-8-26(18)30-14-6-7-17(16(22)10-14)25-21(28)24-13-4-5-13/h2-3,6-7,9-11,13H,4-5,8H2,1H3,(H2,23,27)(H2,24,25,28). The first-order valence-corrected chi connectivity index (χ1v) is 9.83. The summed E-state index contributed by atoms with van der Waals surface area (Å²) in [5.74, 6) is 0.290. The highest BCUT2D eigenvalue weighted by Gasteiger charge is 2.24. The molecule has 1 aliphatic carbocycles. The number of primary amides is 1. The number of carbonyl (C=O) groups excluding carboxylic acids is 2. The van der Waals surface area contributed by atoms with Crippen LogP contribution in [0.3, 0.4) is 0 Å². The van der Waals surface area contributed by atoms with Crippen molar-refractivity contribution in [1.82, 2.24) is 5.32 Å². The lowest BCUT2D eigenvalue weighted by Gasteiger charge is -2.28. The second kappa shape index (κ2) is 8.16. The monoisotopic (exact) mass is 428 g/mol. The van der Waals surface area contributed by atoms with Gasteiger partial charge >= 0.3 is 6.03 Å². The first kappa shape index (κ1) is 19.9. The minimum atomic E-state index is -0.568. The van der Waals surface area contributed by atoms with E-state index in [1.54, 1.807) is 35.4 Å². The van der Waals surface area contributed by atoms with Gasteiger partial charge in [0.25, 0.3) is 5.91 Å². The first-order valence-electron chi connectivity index (χ1n) is 9.45. The Morgan fingerprint density at radius 1 is 1.23 bits per heavy atom. The van der Waals surface area contributed by atoms with Gasteiger partial charge in [-0.05, 0) is 31.0 Å². The summed E-state index contributed by atoms with van der Waals surface area (Å²) in [6, 6.07) is 8.37. The van der Waals surface area contributed by atoms with Gasteiger partial charge < -0.3 is 25.9 Å². The molecule has 30 heavy (non-hydrogen) atoms. The summed E-state index contributed by atoms with van der Waals surface area (Å²) >= 11 is 6.32. The number of methoxy groups -OCH3 is 1. The Labute approximate surface area is 178 Å². The number of hydroxylamine groups is 1. The van der Waals surface area contributed by atoms with Crippen LogP contribution in [0.2, 0.25) is 5.02 Å². The number of rotatable bonds is 6. The summed E-state index contributed by atoms with van der Waals surface area (Å²) < 4.78 is 5.30. The number of nitrogens with two attached hydrogens (primary N) is 1. The molecule has 1 heterocycles. The topological polar surface area (TPSA) is 106 Å². The van der Waals surface area contributed by atoms with Crippen molar-refractivity contribution in [1.29, 1.82) is 0 Å². The van der Waals surface area contributed by atoms with Crippen molar-refractivity contribution in [2.24, 2.45) is 5.73 Å². The van der Waals surface area contributed by atoms with E-state index < -0.39 is 5.91 Å². The molecule has 1 fully saturated rings. The number of hydrogen-bond acceptors (Lipinski definition) is 5. The third-order valence-corrected chi connectivity index (χ3v) is 5.08. The summed E-state index contributed by atoms with van der Waals surface area (Å²) in [6.07, 6.45) is 5.80. The smallest absolute Gasteiger partial charge is 0.319 e. The van der Waals surface area contributed by atoms with Crippen molar-refractivity contribution in [3.8, 4) is 11.5 Å². The van der Waals surface area contributed by atoms with Gasteiger partial charge in [-0.3, -0.25) is 4.79 Å². The van der Waals surface area contributed by atoms with Crippen molar-refractivity contribution in [3.05, 3.63) is 52.6 Å². The van der Waals surface area contributed by atoms with Crippen LogP contribution in [0.25, 0.3) is 6.08 Å². The molecule has 8 nitrogen and oxygen atoms in total.